The van der Waals surface area contributed by atoms with E-state index in [-0.39, 0.29) is 18.0 Å². The van der Waals surface area contributed by atoms with Crippen LogP contribution in [0.3, 0.4) is 0 Å². The SMILES string of the molecule is COCCNC(=O)[C@@H]1C[C@H](NCc2ccc(OC)c(C)c2C)CN1C1Cc2ccccc2C1. The molecule has 2 aromatic carbocycles. The van der Waals surface area contributed by atoms with E-state index in [1.54, 1.807) is 14.2 Å². The van der Waals surface area contributed by atoms with E-state index in [2.05, 4.69) is 59.7 Å². The zero-order chi connectivity index (χ0) is 23.4. The van der Waals surface area contributed by atoms with Crippen LogP contribution in [-0.2, 0) is 28.9 Å². The van der Waals surface area contributed by atoms with Crippen molar-refractivity contribution in [1.29, 1.82) is 0 Å². The number of rotatable bonds is 9. The van der Waals surface area contributed by atoms with Gasteiger partial charge in [-0.3, -0.25) is 9.69 Å². The highest BCUT2D eigenvalue weighted by Gasteiger charge is 2.41. The van der Waals surface area contributed by atoms with Gasteiger partial charge in [-0.05, 0) is 67.0 Å². The number of amides is 1. The number of hydrogen-bond donors (Lipinski definition) is 2. The first-order chi connectivity index (χ1) is 16.0. The summed E-state index contributed by atoms with van der Waals surface area (Å²) in [5, 5.41) is 6.82. The van der Waals surface area contributed by atoms with E-state index in [0.717, 1.165) is 38.1 Å². The average molecular weight is 452 g/mol. The van der Waals surface area contributed by atoms with Crippen LogP contribution in [0, 0.1) is 13.8 Å². The molecule has 1 aliphatic carbocycles. The van der Waals surface area contributed by atoms with E-state index >= 15 is 0 Å². The van der Waals surface area contributed by atoms with Crippen molar-refractivity contribution in [3.63, 3.8) is 0 Å². The van der Waals surface area contributed by atoms with Gasteiger partial charge in [0.25, 0.3) is 0 Å². The number of likely N-dealkylation sites (tertiary alicyclic amines) is 1. The predicted molar refractivity (Wildman–Crippen MR) is 131 cm³/mol. The Hall–Kier alpha value is -2.41. The maximum absolute atomic E-state index is 13.1. The van der Waals surface area contributed by atoms with Crippen LogP contribution in [0.25, 0.3) is 0 Å². The number of hydrogen-bond acceptors (Lipinski definition) is 5. The van der Waals surface area contributed by atoms with Gasteiger partial charge in [-0.1, -0.05) is 30.3 Å². The number of fused-ring (bicyclic) bond motifs is 1. The summed E-state index contributed by atoms with van der Waals surface area (Å²) in [7, 11) is 3.37. The normalized spacial score (nSPS) is 20.7. The molecular weight excluding hydrogens is 414 g/mol. The minimum Gasteiger partial charge on any atom is -0.496 e. The first kappa shape index (κ1) is 23.7. The van der Waals surface area contributed by atoms with Gasteiger partial charge in [0, 0.05) is 38.8 Å². The number of methoxy groups -OCH3 is 2. The standard InChI is InChI=1S/C27H37N3O3/c1-18-19(2)26(33-4)10-9-22(18)16-29-23-15-25(27(31)28-11-12-32-3)30(17-23)24-13-20-7-5-6-8-21(20)14-24/h5-10,23-25,29H,11-17H2,1-4H3,(H,28,31)/t23-,25-/m0/s1. The van der Waals surface area contributed by atoms with Gasteiger partial charge >= 0.3 is 0 Å². The molecule has 1 amide bonds. The predicted octanol–water partition coefficient (Wildman–Crippen LogP) is 2.77. The highest BCUT2D eigenvalue weighted by atomic mass is 16.5. The molecule has 2 aliphatic rings. The lowest BCUT2D eigenvalue weighted by Crippen LogP contribution is -2.48. The molecule has 6 heteroatoms. The van der Waals surface area contributed by atoms with Crippen molar-refractivity contribution in [3.05, 3.63) is 64.2 Å². The molecule has 2 atom stereocenters. The molecule has 1 fully saturated rings. The van der Waals surface area contributed by atoms with Crippen molar-refractivity contribution in [2.45, 2.75) is 57.8 Å². The monoisotopic (exact) mass is 451 g/mol. The summed E-state index contributed by atoms with van der Waals surface area (Å²) in [6, 6.07) is 13.4. The summed E-state index contributed by atoms with van der Waals surface area (Å²) >= 11 is 0. The lowest BCUT2D eigenvalue weighted by Gasteiger charge is -2.29. The second-order valence-corrected chi connectivity index (χ2v) is 9.32. The van der Waals surface area contributed by atoms with E-state index in [4.69, 9.17) is 9.47 Å². The molecule has 0 spiro atoms. The van der Waals surface area contributed by atoms with Crippen LogP contribution in [0.4, 0.5) is 0 Å². The van der Waals surface area contributed by atoms with E-state index in [9.17, 15) is 4.79 Å². The Morgan fingerprint density at radius 1 is 1.06 bits per heavy atom. The van der Waals surface area contributed by atoms with Crippen molar-refractivity contribution in [2.75, 3.05) is 33.9 Å². The van der Waals surface area contributed by atoms with Gasteiger partial charge in [0.05, 0.1) is 19.8 Å². The molecule has 33 heavy (non-hydrogen) atoms. The highest BCUT2D eigenvalue weighted by Crippen LogP contribution is 2.31. The van der Waals surface area contributed by atoms with Crippen molar-refractivity contribution < 1.29 is 14.3 Å². The van der Waals surface area contributed by atoms with Gasteiger partial charge in [0.2, 0.25) is 5.91 Å². The summed E-state index contributed by atoms with van der Waals surface area (Å²) in [6.45, 7) is 7.01. The van der Waals surface area contributed by atoms with Crippen LogP contribution >= 0.6 is 0 Å². The Morgan fingerprint density at radius 3 is 2.45 bits per heavy atom. The second kappa shape index (κ2) is 10.7. The number of carbonyl (C=O) groups excluding carboxylic acids is 1. The topological polar surface area (TPSA) is 62.8 Å². The van der Waals surface area contributed by atoms with Crippen LogP contribution in [0.1, 0.15) is 34.2 Å². The molecule has 0 unspecified atom stereocenters. The third-order valence-corrected chi connectivity index (χ3v) is 7.40. The quantitative estimate of drug-likeness (QED) is 0.574. The van der Waals surface area contributed by atoms with Gasteiger partial charge in [-0.2, -0.15) is 0 Å². The van der Waals surface area contributed by atoms with Crippen molar-refractivity contribution in [1.82, 2.24) is 15.5 Å². The summed E-state index contributed by atoms with van der Waals surface area (Å²) in [6.07, 6.45) is 2.85. The molecule has 6 nitrogen and oxygen atoms in total. The first-order valence-corrected chi connectivity index (χ1v) is 12.0. The van der Waals surface area contributed by atoms with Gasteiger partial charge in [-0.25, -0.2) is 0 Å². The molecule has 2 N–H and O–H groups in total. The highest BCUT2D eigenvalue weighted by molar-refractivity contribution is 5.82. The number of carbonyl (C=O) groups is 1. The fourth-order valence-corrected chi connectivity index (χ4v) is 5.35. The second-order valence-electron chi connectivity index (χ2n) is 9.32. The summed E-state index contributed by atoms with van der Waals surface area (Å²) in [4.78, 5) is 15.5. The maximum Gasteiger partial charge on any atom is 0.237 e. The van der Waals surface area contributed by atoms with Crippen LogP contribution in [0.15, 0.2) is 36.4 Å². The Balaban J connectivity index is 1.44. The number of benzene rings is 2. The van der Waals surface area contributed by atoms with Gasteiger partial charge in [-0.15, -0.1) is 0 Å². The number of ether oxygens (including phenoxy) is 2. The zero-order valence-corrected chi connectivity index (χ0v) is 20.3. The third kappa shape index (κ3) is 5.24. The van der Waals surface area contributed by atoms with Gasteiger partial charge in [0.15, 0.2) is 0 Å². The van der Waals surface area contributed by atoms with Crippen LogP contribution in [-0.4, -0.2) is 62.8 Å². The van der Waals surface area contributed by atoms with E-state index in [1.807, 2.05) is 6.07 Å². The maximum atomic E-state index is 13.1. The number of nitrogens with zero attached hydrogens (tertiary/aromatic N) is 1. The van der Waals surface area contributed by atoms with Gasteiger partial charge in [0.1, 0.15) is 5.75 Å². The average Bonchev–Trinajstić information content (AvgIpc) is 3.44. The third-order valence-electron chi connectivity index (χ3n) is 7.40. The molecular formula is C27H37N3O3. The molecule has 0 radical (unpaired) electrons. The van der Waals surface area contributed by atoms with E-state index < -0.39 is 0 Å². The Bertz CT molecular complexity index is 952. The lowest BCUT2D eigenvalue weighted by atomic mass is 10.0. The molecule has 1 heterocycles. The van der Waals surface area contributed by atoms with Gasteiger partial charge < -0.3 is 20.1 Å². The minimum absolute atomic E-state index is 0.114. The summed E-state index contributed by atoms with van der Waals surface area (Å²) in [5.74, 6) is 1.04. The van der Waals surface area contributed by atoms with E-state index in [1.165, 1.54) is 27.8 Å². The van der Waals surface area contributed by atoms with Crippen LogP contribution in [0.5, 0.6) is 5.75 Å². The van der Waals surface area contributed by atoms with Crippen LogP contribution < -0.4 is 15.4 Å². The summed E-state index contributed by atoms with van der Waals surface area (Å²) in [5.41, 5.74) is 6.56. The van der Waals surface area contributed by atoms with Crippen molar-refractivity contribution >= 4 is 5.91 Å². The zero-order valence-electron chi connectivity index (χ0n) is 20.3. The molecule has 4 rings (SSSR count). The molecule has 2 aromatic rings. The van der Waals surface area contributed by atoms with Crippen molar-refractivity contribution in [2.24, 2.45) is 0 Å². The molecule has 1 saturated heterocycles. The minimum atomic E-state index is -0.114. The fourth-order valence-electron chi connectivity index (χ4n) is 5.35. The number of nitrogens with one attached hydrogen (secondary N) is 2. The summed E-state index contributed by atoms with van der Waals surface area (Å²) < 4.78 is 10.6. The molecule has 0 bridgehead atoms. The Labute approximate surface area is 197 Å². The fraction of sp³-hybridized carbons (Fsp3) is 0.519. The van der Waals surface area contributed by atoms with Crippen LogP contribution in [0.2, 0.25) is 0 Å². The smallest absolute Gasteiger partial charge is 0.237 e. The molecule has 178 valence electrons. The Kier molecular flexibility index (Phi) is 7.68. The molecule has 0 aromatic heterocycles. The first-order valence-electron chi connectivity index (χ1n) is 12.0. The molecule has 0 saturated carbocycles. The Morgan fingerprint density at radius 2 is 1.79 bits per heavy atom. The van der Waals surface area contributed by atoms with Crippen molar-refractivity contribution in [3.8, 4) is 5.75 Å². The van der Waals surface area contributed by atoms with E-state index in [0.29, 0.717) is 19.2 Å². The lowest BCUT2D eigenvalue weighted by molar-refractivity contribution is -0.126. The molecule has 1 aliphatic heterocycles. The largest absolute Gasteiger partial charge is 0.496 e.